The third-order valence-electron chi connectivity index (χ3n) is 3.42. The molecular formula is C16H7Cl2N5S. The van der Waals surface area contributed by atoms with Crippen LogP contribution in [0.1, 0.15) is 0 Å². The van der Waals surface area contributed by atoms with Crippen LogP contribution in [0.4, 0.5) is 16.6 Å². The van der Waals surface area contributed by atoms with E-state index in [2.05, 4.69) is 25.1 Å². The lowest BCUT2D eigenvalue weighted by Gasteiger charge is -2.09. The van der Waals surface area contributed by atoms with Gasteiger partial charge < -0.3 is 10.2 Å². The van der Waals surface area contributed by atoms with Gasteiger partial charge in [0.2, 0.25) is 0 Å². The monoisotopic (exact) mass is 371 g/mol. The van der Waals surface area contributed by atoms with E-state index in [1.807, 2.05) is 18.2 Å². The number of benzene rings is 2. The summed E-state index contributed by atoms with van der Waals surface area (Å²) in [4.78, 5) is 16.4. The largest absolute Gasteiger partial charge is 0.351 e. The van der Waals surface area contributed by atoms with Crippen LogP contribution in [0.15, 0.2) is 36.7 Å². The molecule has 0 atom stereocenters. The molecule has 2 aromatic carbocycles. The van der Waals surface area contributed by atoms with Gasteiger partial charge in [-0.05, 0) is 30.3 Å². The van der Waals surface area contributed by atoms with Gasteiger partial charge in [0.1, 0.15) is 12.1 Å². The van der Waals surface area contributed by atoms with Gasteiger partial charge in [-0.2, -0.15) is 0 Å². The quantitative estimate of drug-likeness (QED) is 0.449. The van der Waals surface area contributed by atoms with Crippen molar-refractivity contribution in [2.24, 2.45) is 0 Å². The highest BCUT2D eigenvalue weighted by Crippen LogP contribution is 2.37. The van der Waals surface area contributed by atoms with Crippen molar-refractivity contribution >= 4 is 72.3 Å². The fourth-order valence-electron chi connectivity index (χ4n) is 2.37. The van der Waals surface area contributed by atoms with Crippen LogP contribution in [0, 0.1) is 6.57 Å². The van der Waals surface area contributed by atoms with Gasteiger partial charge in [0.05, 0.1) is 25.6 Å². The molecule has 1 N–H and O–H groups in total. The second-order valence-corrected chi connectivity index (χ2v) is 6.68. The van der Waals surface area contributed by atoms with Gasteiger partial charge in [0.25, 0.3) is 0 Å². The Balaban J connectivity index is 1.92. The van der Waals surface area contributed by atoms with Crippen LogP contribution in [0.3, 0.4) is 0 Å². The Kier molecular flexibility index (Phi) is 3.69. The molecule has 0 saturated carbocycles. The standard InChI is InChI=1S/C16H7Cl2N5S/c1-19-16-23-12-5-4-11-13(14(12)24-16)15(21-7-20-11)22-8-2-3-9(17)10(18)6-8/h2-7H,(H,20,21,22). The molecule has 0 bridgehead atoms. The lowest BCUT2D eigenvalue weighted by molar-refractivity contribution is 1.22. The van der Waals surface area contributed by atoms with Crippen LogP contribution >= 0.6 is 34.5 Å². The topological polar surface area (TPSA) is 55.1 Å². The normalized spacial score (nSPS) is 10.9. The van der Waals surface area contributed by atoms with Crippen molar-refractivity contribution in [2.75, 3.05) is 5.32 Å². The smallest absolute Gasteiger partial charge is 0.330 e. The third-order valence-corrected chi connectivity index (χ3v) is 5.14. The average molecular weight is 372 g/mol. The molecule has 0 aliphatic carbocycles. The summed E-state index contributed by atoms with van der Waals surface area (Å²) in [5, 5.41) is 5.40. The van der Waals surface area contributed by atoms with Gasteiger partial charge >= 0.3 is 5.13 Å². The molecule has 2 aromatic heterocycles. The summed E-state index contributed by atoms with van der Waals surface area (Å²) in [7, 11) is 0. The van der Waals surface area contributed by atoms with Crippen molar-refractivity contribution in [1.82, 2.24) is 15.0 Å². The first kappa shape index (κ1) is 15.1. The van der Waals surface area contributed by atoms with E-state index in [0.29, 0.717) is 21.0 Å². The molecule has 24 heavy (non-hydrogen) atoms. The van der Waals surface area contributed by atoms with Crippen molar-refractivity contribution < 1.29 is 0 Å². The van der Waals surface area contributed by atoms with E-state index >= 15 is 0 Å². The van der Waals surface area contributed by atoms with Crippen LogP contribution in [0.2, 0.25) is 10.0 Å². The summed E-state index contributed by atoms with van der Waals surface area (Å²) < 4.78 is 0.877. The number of fused-ring (bicyclic) bond motifs is 3. The number of nitrogens with zero attached hydrogens (tertiary/aromatic N) is 4. The van der Waals surface area contributed by atoms with E-state index in [1.165, 1.54) is 17.7 Å². The number of halogens is 2. The van der Waals surface area contributed by atoms with Gasteiger partial charge in [-0.25, -0.2) is 9.97 Å². The van der Waals surface area contributed by atoms with E-state index < -0.39 is 0 Å². The lowest BCUT2D eigenvalue weighted by atomic mass is 10.2. The molecule has 116 valence electrons. The molecule has 5 nitrogen and oxygen atoms in total. The molecule has 4 rings (SSSR count). The molecule has 0 spiro atoms. The summed E-state index contributed by atoms with van der Waals surface area (Å²) >= 11 is 13.3. The number of nitrogens with one attached hydrogen (secondary N) is 1. The van der Waals surface area contributed by atoms with Gasteiger partial charge in [0.15, 0.2) is 5.52 Å². The zero-order valence-electron chi connectivity index (χ0n) is 11.9. The number of hydrogen-bond donors (Lipinski definition) is 1. The highest BCUT2D eigenvalue weighted by Gasteiger charge is 2.14. The summed E-state index contributed by atoms with van der Waals surface area (Å²) in [5.41, 5.74) is 2.29. The second-order valence-electron chi connectivity index (χ2n) is 4.89. The number of anilines is 2. The SMILES string of the molecule is [C-]#[N+]c1nc2ccc3ncnc(Nc4ccc(Cl)c(Cl)c4)c3c2s1. The van der Waals surface area contributed by atoms with Crippen LogP contribution in [-0.4, -0.2) is 15.0 Å². The Morgan fingerprint density at radius 2 is 1.88 bits per heavy atom. The van der Waals surface area contributed by atoms with Gasteiger partial charge in [-0.1, -0.05) is 29.8 Å². The Morgan fingerprint density at radius 1 is 1.04 bits per heavy atom. The van der Waals surface area contributed by atoms with Crippen LogP contribution < -0.4 is 5.32 Å². The fourth-order valence-corrected chi connectivity index (χ4v) is 3.56. The molecule has 0 radical (unpaired) electrons. The molecule has 0 unspecified atom stereocenters. The Hall–Kier alpha value is -2.46. The first-order valence-corrected chi connectivity index (χ1v) is 8.37. The Labute approximate surface area is 150 Å². The first-order chi connectivity index (χ1) is 11.7. The predicted octanol–water partition coefficient (Wildman–Crippen LogP) is 5.84. The predicted molar refractivity (Wildman–Crippen MR) is 98.7 cm³/mol. The first-order valence-electron chi connectivity index (χ1n) is 6.79. The number of thiazole rings is 1. The van der Waals surface area contributed by atoms with E-state index in [0.717, 1.165) is 26.8 Å². The summed E-state index contributed by atoms with van der Waals surface area (Å²) in [6, 6.07) is 9.00. The van der Waals surface area contributed by atoms with E-state index in [4.69, 9.17) is 29.8 Å². The van der Waals surface area contributed by atoms with Crippen LogP contribution in [0.25, 0.3) is 26.0 Å². The Morgan fingerprint density at radius 3 is 2.67 bits per heavy atom. The van der Waals surface area contributed by atoms with E-state index in [1.54, 1.807) is 12.1 Å². The number of aromatic nitrogens is 3. The Bertz CT molecular complexity index is 1130. The fraction of sp³-hybridized carbons (Fsp3) is 0. The number of hydrogen-bond acceptors (Lipinski definition) is 5. The maximum atomic E-state index is 7.16. The molecule has 8 heteroatoms. The van der Waals surface area contributed by atoms with Crippen molar-refractivity contribution in [3.63, 3.8) is 0 Å². The van der Waals surface area contributed by atoms with Crippen LogP contribution in [-0.2, 0) is 0 Å². The molecule has 0 aliphatic rings. The molecular weight excluding hydrogens is 365 g/mol. The van der Waals surface area contributed by atoms with Crippen molar-refractivity contribution in [3.05, 3.63) is 58.1 Å². The summed E-state index contributed by atoms with van der Waals surface area (Å²) in [5.74, 6) is 0.629. The van der Waals surface area contributed by atoms with Crippen molar-refractivity contribution in [3.8, 4) is 0 Å². The number of rotatable bonds is 2. The van der Waals surface area contributed by atoms with E-state index in [-0.39, 0.29) is 0 Å². The molecule has 2 heterocycles. The minimum atomic E-state index is 0.391. The second kappa shape index (κ2) is 5.87. The zero-order valence-corrected chi connectivity index (χ0v) is 14.2. The average Bonchev–Trinajstić information content (AvgIpc) is 3.02. The van der Waals surface area contributed by atoms with Gasteiger partial charge in [-0.3, -0.25) is 0 Å². The highest BCUT2D eigenvalue weighted by atomic mass is 35.5. The molecule has 0 fully saturated rings. The minimum Gasteiger partial charge on any atom is -0.351 e. The lowest BCUT2D eigenvalue weighted by Crippen LogP contribution is -1.96. The zero-order chi connectivity index (χ0) is 16.7. The maximum Gasteiger partial charge on any atom is 0.330 e. The molecule has 0 saturated heterocycles. The minimum absolute atomic E-state index is 0.391. The van der Waals surface area contributed by atoms with Crippen LogP contribution in [0.5, 0.6) is 0 Å². The molecule has 0 amide bonds. The molecule has 4 aromatic rings. The summed E-state index contributed by atoms with van der Waals surface area (Å²) in [6.07, 6.45) is 1.49. The third kappa shape index (κ3) is 2.53. The maximum absolute atomic E-state index is 7.16. The molecule has 0 aliphatic heterocycles. The van der Waals surface area contributed by atoms with Crippen molar-refractivity contribution in [1.29, 1.82) is 0 Å². The van der Waals surface area contributed by atoms with Crippen molar-refractivity contribution in [2.45, 2.75) is 0 Å². The summed E-state index contributed by atoms with van der Waals surface area (Å²) in [6.45, 7) is 7.16. The van der Waals surface area contributed by atoms with Gasteiger partial charge in [-0.15, -0.1) is 16.3 Å². The van der Waals surface area contributed by atoms with E-state index in [9.17, 15) is 0 Å². The highest BCUT2D eigenvalue weighted by molar-refractivity contribution is 7.23. The van der Waals surface area contributed by atoms with Gasteiger partial charge in [0, 0.05) is 5.69 Å².